The molecule has 1 atom stereocenters. The first-order chi connectivity index (χ1) is 9.08. The van der Waals surface area contributed by atoms with Crippen LogP contribution in [0.3, 0.4) is 0 Å². The molecule has 0 aliphatic heterocycles. The van der Waals surface area contributed by atoms with E-state index < -0.39 is 19.7 Å². The fraction of sp³-hybridized carbons (Fsp3) is 0.692. The Morgan fingerprint density at radius 1 is 1.00 bits per heavy atom. The van der Waals surface area contributed by atoms with E-state index in [4.69, 9.17) is 10.2 Å². The highest BCUT2D eigenvalue weighted by Crippen LogP contribution is 2.25. The lowest BCUT2D eigenvalue weighted by Crippen LogP contribution is -2.36. The molecule has 20 heavy (non-hydrogen) atoms. The molecule has 0 saturated heterocycles. The largest absolute Gasteiger partial charge is 0.478 e. The Hall–Kier alpha value is -1.26. The Kier molecular flexibility index (Phi) is 7.61. The van der Waals surface area contributed by atoms with E-state index in [9.17, 15) is 14.2 Å². The molecule has 7 heteroatoms. The number of hydrogen-bond donors (Lipinski definition) is 2. The highest BCUT2D eigenvalue weighted by Gasteiger charge is 2.25. The maximum atomic E-state index is 11.9. The fourth-order valence-electron chi connectivity index (χ4n) is 1.64. The predicted octanol–water partition coefficient (Wildman–Crippen LogP) is 1.79. The standard InChI is InChI=1S/C13H22NO5P/c1-5-10(12(15)16)11(13(17)18)6-8-20(19)9-7-14(2,3)4/h5-9H2,1-4H3/p+2/b11-10-. The average Bonchev–Trinajstić information content (AvgIpc) is 2.29. The topological polar surface area (TPSA) is 91.7 Å². The summed E-state index contributed by atoms with van der Waals surface area (Å²) in [7, 11) is 4.47. The predicted molar refractivity (Wildman–Crippen MR) is 77.4 cm³/mol. The maximum absolute atomic E-state index is 11.9. The normalized spacial score (nSPS) is 13.7. The number of aliphatic carboxylic acids is 2. The van der Waals surface area contributed by atoms with E-state index in [-0.39, 0.29) is 30.1 Å². The van der Waals surface area contributed by atoms with Crippen molar-refractivity contribution in [1.29, 1.82) is 0 Å². The molecular weight excluding hydrogens is 281 g/mol. The van der Waals surface area contributed by atoms with Gasteiger partial charge in [-0.25, -0.2) is 9.59 Å². The summed E-state index contributed by atoms with van der Waals surface area (Å²) < 4.78 is 12.6. The van der Waals surface area contributed by atoms with Crippen LogP contribution < -0.4 is 0 Å². The number of carboxylic acid groups (broad SMARTS) is 2. The van der Waals surface area contributed by atoms with Gasteiger partial charge in [-0.05, 0) is 6.42 Å². The van der Waals surface area contributed by atoms with Gasteiger partial charge in [-0.15, -0.1) is 0 Å². The van der Waals surface area contributed by atoms with Crippen molar-refractivity contribution in [1.82, 2.24) is 0 Å². The Morgan fingerprint density at radius 2 is 1.50 bits per heavy atom. The van der Waals surface area contributed by atoms with Crippen LogP contribution in [0.1, 0.15) is 19.8 Å². The highest BCUT2D eigenvalue weighted by molar-refractivity contribution is 7.44. The van der Waals surface area contributed by atoms with Crippen molar-refractivity contribution in [2.45, 2.75) is 19.8 Å². The van der Waals surface area contributed by atoms with Crippen LogP contribution in [0.2, 0.25) is 0 Å². The van der Waals surface area contributed by atoms with Crippen molar-refractivity contribution < 1.29 is 28.9 Å². The van der Waals surface area contributed by atoms with Crippen LogP contribution in [0.5, 0.6) is 0 Å². The number of carboxylic acids is 2. The van der Waals surface area contributed by atoms with Gasteiger partial charge < -0.3 is 14.7 Å². The summed E-state index contributed by atoms with van der Waals surface area (Å²) in [5.41, 5.74) is -0.235. The van der Waals surface area contributed by atoms with Gasteiger partial charge >= 0.3 is 19.7 Å². The zero-order valence-corrected chi connectivity index (χ0v) is 13.4. The molecule has 0 heterocycles. The molecular formula is C13H24NO5P+2. The smallest absolute Gasteiger partial charge is 0.344 e. The van der Waals surface area contributed by atoms with Gasteiger partial charge in [0.05, 0.1) is 26.7 Å². The summed E-state index contributed by atoms with van der Waals surface area (Å²) in [6.07, 6.45) is 0.914. The molecule has 0 aromatic carbocycles. The molecule has 0 spiro atoms. The quantitative estimate of drug-likeness (QED) is 0.385. The van der Waals surface area contributed by atoms with Gasteiger partial charge in [0.1, 0.15) is 6.54 Å². The van der Waals surface area contributed by atoms with E-state index in [1.807, 2.05) is 21.1 Å². The third kappa shape index (κ3) is 7.36. The minimum atomic E-state index is -1.51. The lowest BCUT2D eigenvalue weighted by molar-refractivity contribution is -0.867. The summed E-state index contributed by atoms with van der Waals surface area (Å²) in [5, 5.41) is 18.0. The number of hydrogen-bond acceptors (Lipinski definition) is 3. The minimum Gasteiger partial charge on any atom is -0.478 e. The second-order valence-corrected chi connectivity index (χ2v) is 7.47. The summed E-state index contributed by atoms with van der Waals surface area (Å²) >= 11 is 0. The zero-order chi connectivity index (χ0) is 15.9. The third-order valence-corrected chi connectivity index (χ3v) is 4.29. The van der Waals surface area contributed by atoms with Crippen LogP contribution in [-0.2, 0) is 14.2 Å². The molecule has 0 fully saturated rings. The van der Waals surface area contributed by atoms with Crippen molar-refractivity contribution in [2.24, 2.45) is 0 Å². The van der Waals surface area contributed by atoms with Gasteiger partial charge in [0.25, 0.3) is 0 Å². The molecule has 0 bridgehead atoms. The fourth-order valence-corrected chi connectivity index (χ4v) is 3.16. The van der Waals surface area contributed by atoms with Crippen LogP contribution in [0.25, 0.3) is 0 Å². The first-order valence-electron chi connectivity index (χ1n) is 6.49. The van der Waals surface area contributed by atoms with E-state index in [0.29, 0.717) is 10.6 Å². The second kappa shape index (κ2) is 8.12. The van der Waals surface area contributed by atoms with Crippen molar-refractivity contribution in [3.8, 4) is 0 Å². The SMILES string of the molecule is CC/C(C(=O)O)=C(\CC[P+](=O)CC[N+](C)(C)C)C(=O)O. The van der Waals surface area contributed by atoms with E-state index in [1.54, 1.807) is 6.92 Å². The molecule has 0 aromatic heterocycles. The maximum Gasteiger partial charge on any atom is 0.344 e. The van der Waals surface area contributed by atoms with Crippen molar-refractivity contribution >= 4 is 19.7 Å². The van der Waals surface area contributed by atoms with E-state index in [1.165, 1.54) is 0 Å². The molecule has 2 N–H and O–H groups in total. The van der Waals surface area contributed by atoms with Crippen LogP contribution in [0.15, 0.2) is 11.1 Å². The Balaban J connectivity index is 4.70. The van der Waals surface area contributed by atoms with Crippen LogP contribution in [0, 0.1) is 0 Å². The molecule has 0 aromatic rings. The highest BCUT2D eigenvalue weighted by atomic mass is 31.1. The van der Waals surface area contributed by atoms with E-state index >= 15 is 0 Å². The van der Waals surface area contributed by atoms with Gasteiger partial charge in [-0.2, -0.15) is 0 Å². The van der Waals surface area contributed by atoms with Crippen LogP contribution in [0.4, 0.5) is 0 Å². The first kappa shape index (κ1) is 18.7. The van der Waals surface area contributed by atoms with Gasteiger partial charge in [0.15, 0.2) is 12.3 Å². The van der Waals surface area contributed by atoms with E-state index in [2.05, 4.69) is 0 Å². The Labute approximate surface area is 120 Å². The van der Waals surface area contributed by atoms with Gasteiger partial charge in [0.2, 0.25) is 0 Å². The van der Waals surface area contributed by atoms with Gasteiger partial charge in [0, 0.05) is 12.0 Å². The molecule has 0 aliphatic carbocycles. The van der Waals surface area contributed by atoms with Crippen LogP contribution >= 0.6 is 7.80 Å². The molecule has 0 aliphatic rings. The number of rotatable bonds is 9. The number of quaternary nitrogens is 1. The molecule has 1 unspecified atom stereocenters. The second-order valence-electron chi connectivity index (χ2n) is 5.61. The summed E-state index contributed by atoms with van der Waals surface area (Å²) in [6, 6.07) is 0. The molecule has 114 valence electrons. The molecule has 0 rings (SSSR count). The average molecular weight is 305 g/mol. The lowest BCUT2D eigenvalue weighted by atomic mass is 10.0. The molecule has 0 amide bonds. The molecule has 6 nitrogen and oxygen atoms in total. The van der Waals surface area contributed by atoms with Crippen molar-refractivity contribution in [3.63, 3.8) is 0 Å². The summed E-state index contributed by atoms with van der Waals surface area (Å²) in [6.45, 7) is 2.34. The van der Waals surface area contributed by atoms with Crippen molar-refractivity contribution in [2.75, 3.05) is 40.0 Å². The summed E-state index contributed by atoms with van der Waals surface area (Å²) in [4.78, 5) is 22.1. The van der Waals surface area contributed by atoms with E-state index in [0.717, 1.165) is 6.54 Å². The first-order valence-corrected chi connectivity index (χ1v) is 8.12. The Bertz CT molecular complexity index is 423. The minimum absolute atomic E-state index is 0.0388. The monoisotopic (exact) mass is 305 g/mol. The van der Waals surface area contributed by atoms with Crippen LogP contribution in [-0.4, -0.2) is 66.6 Å². The third-order valence-electron chi connectivity index (χ3n) is 2.87. The lowest BCUT2D eigenvalue weighted by Gasteiger charge is -2.21. The number of carbonyl (C=O) groups is 2. The Morgan fingerprint density at radius 3 is 1.85 bits per heavy atom. The summed E-state index contributed by atoms with van der Waals surface area (Å²) in [5.74, 6) is -2.45. The number of nitrogens with zero attached hydrogens (tertiary/aromatic N) is 1. The van der Waals surface area contributed by atoms with Crippen molar-refractivity contribution in [3.05, 3.63) is 11.1 Å². The zero-order valence-electron chi connectivity index (χ0n) is 12.5. The molecule has 0 radical (unpaired) electrons. The van der Waals surface area contributed by atoms with Gasteiger partial charge in [-0.1, -0.05) is 11.5 Å². The van der Waals surface area contributed by atoms with Gasteiger partial charge in [-0.3, -0.25) is 0 Å². The molecule has 0 saturated carbocycles.